The number of nitrogens with zero attached hydrogens (tertiary/aromatic N) is 1. The summed E-state index contributed by atoms with van der Waals surface area (Å²) in [5, 5.41) is 22.8. The standard InChI is InChI=1S/C20H30N2O4/c1-19(2,3)26-18(25)22-12-14(16-8-6-7-9-17(16)22)10-20(4,5)21-11-15(24)13-23/h6-9,12,15,21,23-24H,10-11,13H2,1-5H3/t15-/m0/s1. The summed E-state index contributed by atoms with van der Waals surface area (Å²) in [4.78, 5) is 12.6. The lowest BCUT2D eigenvalue weighted by Crippen LogP contribution is -2.45. The third-order valence-corrected chi connectivity index (χ3v) is 4.04. The molecule has 0 aliphatic heterocycles. The lowest BCUT2D eigenvalue weighted by atomic mass is 9.94. The Labute approximate surface area is 154 Å². The van der Waals surface area contributed by atoms with Crippen LogP contribution in [0.2, 0.25) is 0 Å². The highest BCUT2D eigenvalue weighted by Crippen LogP contribution is 2.26. The number of fused-ring (bicyclic) bond motifs is 1. The number of hydrogen-bond donors (Lipinski definition) is 3. The van der Waals surface area contributed by atoms with Crippen LogP contribution in [0.3, 0.4) is 0 Å². The molecule has 0 aliphatic carbocycles. The molecule has 6 heteroatoms. The number of benzene rings is 1. The molecule has 2 aromatic rings. The van der Waals surface area contributed by atoms with Crippen LogP contribution in [-0.2, 0) is 11.2 Å². The summed E-state index contributed by atoms with van der Waals surface area (Å²) >= 11 is 0. The van der Waals surface area contributed by atoms with E-state index in [0.29, 0.717) is 13.0 Å². The number of aromatic nitrogens is 1. The lowest BCUT2D eigenvalue weighted by Gasteiger charge is -2.27. The maximum atomic E-state index is 12.6. The Kier molecular flexibility index (Phi) is 6.11. The zero-order valence-electron chi connectivity index (χ0n) is 16.2. The van der Waals surface area contributed by atoms with E-state index < -0.39 is 17.8 Å². The SMILES string of the molecule is CC(C)(Cc1cn(C(=O)OC(C)(C)C)c2ccccc12)NC[C@H](O)CO. The van der Waals surface area contributed by atoms with Crippen LogP contribution in [-0.4, -0.2) is 51.3 Å². The van der Waals surface area contributed by atoms with Gasteiger partial charge in [-0.3, -0.25) is 4.57 Å². The number of aliphatic hydroxyl groups excluding tert-OH is 2. The lowest BCUT2D eigenvalue weighted by molar-refractivity contribution is 0.0544. The molecule has 0 spiro atoms. The third kappa shape index (κ3) is 5.30. The van der Waals surface area contributed by atoms with Gasteiger partial charge >= 0.3 is 6.09 Å². The Hall–Kier alpha value is -1.89. The van der Waals surface area contributed by atoms with Gasteiger partial charge in [0.2, 0.25) is 0 Å². The van der Waals surface area contributed by atoms with Gasteiger partial charge in [-0.1, -0.05) is 18.2 Å². The fraction of sp³-hybridized carbons (Fsp3) is 0.550. The quantitative estimate of drug-likeness (QED) is 0.736. The highest BCUT2D eigenvalue weighted by Gasteiger charge is 2.24. The van der Waals surface area contributed by atoms with Gasteiger partial charge in [0.25, 0.3) is 0 Å². The van der Waals surface area contributed by atoms with Gasteiger partial charge in [-0.25, -0.2) is 4.79 Å². The number of carbonyl (C=O) groups excluding carboxylic acids is 1. The molecule has 0 saturated heterocycles. The van der Waals surface area contributed by atoms with E-state index in [1.54, 1.807) is 4.57 Å². The van der Waals surface area contributed by atoms with Crippen molar-refractivity contribution in [1.29, 1.82) is 0 Å². The molecule has 0 fully saturated rings. The second-order valence-electron chi connectivity index (χ2n) is 8.30. The molecule has 0 amide bonds. The fourth-order valence-corrected chi connectivity index (χ4v) is 2.85. The molecular formula is C20H30N2O4. The van der Waals surface area contributed by atoms with Crippen LogP contribution in [0.1, 0.15) is 40.2 Å². The maximum absolute atomic E-state index is 12.6. The average Bonchev–Trinajstić information content (AvgIpc) is 2.89. The molecule has 0 unspecified atom stereocenters. The summed E-state index contributed by atoms with van der Waals surface area (Å²) in [5.74, 6) is 0. The number of β-amino-alcohol motifs (C(OH)–C–C–N with tert-alkyl or cyclic N) is 1. The summed E-state index contributed by atoms with van der Waals surface area (Å²) in [7, 11) is 0. The van der Waals surface area contributed by atoms with Crippen LogP contribution in [0.15, 0.2) is 30.5 Å². The van der Waals surface area contributed by atoms with E-state index in [0.717, 1.165) is 16.5 Å². The Bertz CT molecular complexity index is 759. The molecule has 0 bridgehead atoms. The van der Waals surface area contributed by atoms with Crippen LogP contribution >= 0.6 is 0 Å². The Morgan fingerprint density at radius 1 is 1.23 bits per heavy atom. The highest BCUT2D eigenvalue weighted by atomic mass is 16.6. The van der Waals surface area contributed by atoms with Gasteiger partial charge in [-0.05, 0) is 52.7 Å². The molecule has 2 rings (SSSR count). The molecule has 144 valence electrons. The smallest absolute Gasteiger partial charge is 0.419 e. The molecular weight excluding hydrogens is 332 g/mol. The normalized spacial score (nSPS) is 13.8. The number of carbonyl (C=O) groups is 1. The van der Waals surface area contributed by atoms with Crippen LogP contribution in [0.25, 0.3) is 10.9 Å². The molecule has 0 aliphatic rings. The highest BCUT2D eigenvalue weighted by molar-refractivity contribution is 5.92. The minimum Gasteiger partial charge on any atom is -0.443 e. The van der Waals surface area contributed by atoms with Gasteiger partial charge < -0.3 is 20.3 Å². The van der Waals surface area contributed by atoms with Gasteiger partial charge in [0.05, 0.1) is 18.2 Å². The number of para-hydroxylation sites is 1. The van der Waals surface area contributed by atoms with E-state index in [2.05, 4.69) is 5.32 Å². The Morgan fingerprint density at radius 2 is 1.88 bits per heavy atom. The van der Waals surface area contributed by atoms with Gasteiger partial charge in [0.15, 0.2) is 0 Å². The number of rotatable bonds is 6. The molecule has 0 radical (unpaired) electrons. The second kappa shape index (κ2) is 7.78. The van der Waals surface area contributed by atoms with Crippen molar-refractivity contribution >= 4 is 17.0 Å². The van der Waals surface area contributed by atoms with Crippen molar-refractivity contribution in [2.75, 3.05) is 13.2 Å². The maximum Gasteiger partial charge on any atom is 0.419 e. The van der Waals surface area contributed by atoms with Crippen LogP contribution in [0.5, 0.6) is 0 Å². The van der Waals surface area contributed by atoms with Gasteiger partial charge in [0, 0.05) is 23.7 Å². The number of nitrogens with one attached hydrogen (secondary N) is 1. The largest absolute Gasteiger partial charge is 0.443 e. The van der Waals surface area contributed by atoms with E-state index in [9.17, 15) is 9.90 Å². The van der Waals surface area contributed by atoms with Crippen molar-refractivity contribution < 1.29 is 19.7 Å². The van der Waals surface area contributed by atoms with E-state index in [-0.39, 0.29) is 12.1 Å². The van der Waals surface area contributed by atoms with E-state index >= 15 is 0 Å². The van der Waals surface area contributed by atoms with Crippen molar-refractivity contribution in [3.05, 3.63) is 36.0 Å². The second-order valence-corrected chi connectivity index (χ2v) is 8.30. The van der Waals surface area contributed by atoms with Gasteiger partial charge in [-0.2, -0.15) is 0 Å². The zero-order chi connectivity index (χ0) is 19.5. The topological polar surface area (TPSA) is 83.7 Å². The van der Waals surface area contributed by atoms with Crippen molar-refractivity contribution in [3.63, 3.8) is 0 Å². The van der Waals surface area contributed by atoms with Gasteiger partial charge in [0.1, 0.15) is 5.60 Å². The molecule has 3 N–H and O–H groups in total. The number of aliphatic hydroxyl groups is 2. The monoisotopic (exact) mass is 362 g/mol. The van der Waals surface area contributed by atoms with Gasteiger partial charge in [-0.15, -0.1) is 0 Å². The predicted molar refractivity (Wildman–Crippen MR) is 102 cm³/mol. The molecule has 26 heavy (non-hydrogen) atoms. The molecule has 1 aromatic carbocycles. The molecule has 6 nitrogen and oxygen atoms in total. The predicted octanol–water partition coefficient (Wildman–Crippen LogP) is 2.69. The first-order valence-corrected chi connectivity index (χ1v) is 8.89. The third-order valence-electron chi connectivity index (χ3n) is 4.04. The summed E-state index contributed by atoms with van der Waals surface area (Å²) < 4.78 is 7.07. The van der Waals surface area contributed by atoms with Crippen LogP contribution in [0, 0.1) is 0 Å². The summed E-state index contributed by atoms with van der Waals surface area (Å²) in [6.07, 6.45) is 1.28. The summed E-state index contributed by atoms with van der Waals surface area (Å²) in [5.41, 5.74) is 0.938. The number of hydrogen-bond acceptors (Lipinski definition) is 5. The first kappa shape index (κ1) is 20.4. The molecule has 0 saturated carbocycles. The Morgan fingerprint density at radius 3 is 2.50 bits per heavy atom. The van der Waals surface area contributed by atoms with E-state index in [1.165, 1.54) is 0 Å². The van der Waals surface area contributed by atoms with Crippen molar-refractivity contribution in [1.82, 2.24) is 9.88 Å². The van der Waals surface area contributed by atoms with E-state index in [1.807, 2.05) is 65.1 Å². The van der Waals surface area contributed by atoms with Crippen molar-refractivity contribution in [3.8, 4) is 0 Å². The van der Waals surface area contributed by atoms with E-state index in [4.69, 9.17) is 9.84 Å². The zero-order valence-corrected chi connectivity index (χ0v) is 16.2. The first-order valence-electron chi connectivity index (χ1n) is 8.89. The van der Waals surface area contributed by atoms with Crippen molar-refractivity contribution in [2.45, 2.75) is 58.3 Å². The fourth-order valence-electron chi connectivity index (χ4n) is 2.85. The molecule has 1 heterocycles. The van der Waals surface area contributed by atoms with Crippen LogP contribution < -0.4 is 5.32 Å². The summed E-state index contributed by atoms with van der Waals surface area (Å²) in [6, 6.07) is 7.73. The summed E-state index contributed by atoms with van der Waals surface area (Å²) in [6.45, 7) is 9.60. The minimum atomic E-state index is -0.794. The average molecular weight is 362 g/mol. The Balaban J connectivity index is 2.29. The number of ether oxygens (including phenoxy) is 1. The molecule has 1 atom stereocenters. The van der Waals surface area contributed by atoms with Crippen LogP contribution in [0.4, 0.5) is 4.79 Å². The minimum absolute atomic E-state index is 0.277. The van der Waals surface area contributed by atoms with Crippen molar-refractivity contribution in [2.24, 2.45) is 0 Å². The first-order chi connectivity index (χ1) is 12.0. The molecule has 1 aromatic heterocycles.